The molecule has 0 unspecified atom stereocenters. The minimum atomic E-state index is 0.763. The molecule has 0 atom stereocenters. The summed E-state index contributed by atoms with van der Waals surface area (Å²) >= 11 is 0. The van der Waals surface area contributed by atoms with Gasteiger partial charge in [0, 0.05) is 22.1 Å². The summed E-state index contributed by atoms with van der Waals surface area (Å²) in [5.41, 5.74) is 6.05. The molecule has 0 bridgehead atoms. The van der Waals surface area contributed by atoms with Crippen molar-refractivity contribution in [2.24, 2.45) is 0 Å². The van der Waals surface area contributed by atoms with Crippen LogP contribution >= 0.6 is 0 Å². The van der Waals surface area contributed by atoms with Crippen molar-refractivity contribution in [1.82, 2.24) is 9.97 Å². The summed E-state index contributed by atoms with van der Waals surface area (Å²) in [6.45, 7) is 6.01. The molecule has 3 nitrogen and oxygen atoms in total. The summed E-state index contributed by atoms with van der Waals surface area (Å²) in [6.07, 6.45) is 0. The van der Waals surface area contributed by atoms with E-state index in [0.717, 1.165) is 50.6 Å². The summed E-state index contributed by atoms with van der Waals surface area (Å²) in [5.74, 6) is 1.65. The van der Waals surface area contributed by atoms with Crippen LogP contribution in [-0.2, 0) is 0 Å². The lowest BCUT2D eigenvalue weighted by Crippen LogP contribution is -2.00. The van der Waals surface area contributed by atoms with Crippen molar-refractivity contribution in [3.8, 4) is 22.5 Å². The number of rotatable bonds is 2. The van der Waals surface area contributed by atoms with Gasteiger partial charge in [0.1, 0.15) is 17.2 Å². The topological polar surface area (TPSA) is 38.9 Å². The first kappa shape index (κ1) is 14.6. The van der Waals surface area contributed by atoms with Gasteiger partial charge in [-0.1, -0.05) is 48.5 Å². The molecule has 0 N–H and O–H groups in total. The van der Waals surface area contributed by atoms with Crippen LogP contribution in [0.25, 0.3) is 33.5 Å². The van der Waals surface area contributed by atoms with E-state index in [-0.39, 0.29) is 0 Å². The minimum absolute atomic E-state index is 0.763. The van der Waals surface area contributed by atoms with Crippen LogP contribution in [0.15, 0.2) is 59.0 Å². The fourth-order valence-corrected chi connectivity index (χ4v) is 3.21. The second kappa shape index (κ2) is 5.60. The monoisotopic (exact) mass is 314 g/mol. The number of para-hydroxylation sites is 1. The largest absolute Gasteiger partial charge is 0.461 e. The Labute approximate surface area is 141 Å². The Morgan fingerprint density at radius 1 is 0.750 bits per heavy atom. The Hall–Kier alpha value is -2.94. The van der Waals surface area contributed by atoms with E-state index in [1.165, 1.54) is 0 Å². The highest BCUT2D eigenvalue weighted by molar-refractivity contribution is 5.96. The SMILES string of the molecule is Cc1nc(-c2ccccc2)c(C)c(-c2c(C)oc3ccccc23)n1. The Bertz CT molecular complexity index is 1030. The number of furan rings is 1. The lowest BCUT2D eigenvalue weighted by atomic mass is 9.99. The van der Waals surface area contributed by atoms with Gasteiger partial charge in [-0.25, -0.2) is 9.97 Å². The van der Waals surface area contributed by atoms with E-state index in [1.54, 1.807) is 0 Å². The zero-order valence-corrected chi connectivity index (χ0v) is 14.0. The average molecular weight is 314 g/mol. The van der Waals surface area contributed by atoms with Crippen LogP contribution in [0.3, 0.4) is 0 Å². The molecule has 0 radical (unpaired) electrons. The molecule has 2 aromatic carbocycles. The van der Waals surface area contributed by atoms with Crippen molar-refractivity contribution in [1.29, 1.82) is 0 Å². The molecule has 2 heterocycles. The second-order valence-corrected chi connectivity index (χ2v) is 5.99. The molecule has 0 saturated carbocycles. The van der Waals surface area contributed by atoms with Gasteiger partial charge in [-0.2, -0.15) is 0 Å². The van der Waals surface area contributed by atoms with E-state index < -0.39 is 0 Å². The average Bonchev–Trinajstić information content (AvgIpc) is 2.93. The van der Waals surface area contributed by atoms with Crippen LogP contribution in [0.2, 0.25) is 0 Å². The van der Waals surface area contributed by atoms with Gasteiger partial charge < -0.3 is 4.42 Å². The van der Waals surface area contributed by atoms with Crippen LogP contribution in [-0.4, -0.2) is 9.97 Å². The molecule has 0 aliphatic carbocycles. The van der Waals surface area contributed by atoms with E-state index >= 15 is 0 Å². The number of benzene rings is 2. The van der Waals surface area contributed by atoms with Gasteiger partial charge in [0.15, 0.2) is 0 Å². The third-order valence-corrected chi connectivity index (χ3v) is 4.31. The highest BCUT2D eigenvalue weighted by atomic mass is 16.3. The molecule has 118 valence electrons. The second-order valence-electron chi connectivity index (χ2n) is 5.99. The standard InChI is InChI=1S/C21H18N2O/c1-13-20(16-9-5-4-6-10-16)22-15(3)23-21(13)19-14(2)24-18-12-8-7-11-17(18)19/h4-12H,1-3H3. The van der Waals surface area contributed by atoms with Gasteiger partial charge in [-0.15, -0.1) is 0 Å². The molecule has 0 saturated heterocycles. The number of hydrogen-bond donors (Lipinski definition) is 0. The number of fused-ring (bicyclic) bond motifs is 1. The van der Waals surface area contributed by atoms with Gasteiger partial charge in [-0.05, 0) is 26.8 Å². The molecule has 4 rings (SSSR count). The van der Waals surface area contributed by atoms with Crippen molar-refractivity contribution >= 4 is 11.0 Å². The number of nitrogens with zero attached hydrogens (tertiary/aromatic N) is 2. The van der Waals surface area contributed by atoms with Gasteiger partial charge in [-0.3, -0.25) is 0 Å². The molecular formula is C21H18N2O. The molecule has 0 spiro atoms. The number of aryl methyl sites for hydroxylation is 2. The van der Waals surface area contributed by atoms with E-state index in [9.17, 15) is 0 Å². The molecule has 0 aliphatic rings. The minimum Gasteiger partial charge on any atom is -0.461 e. The van der Waals surface area contributed by atoms with Crippen LogP contribution in [0.5, 0.6) is 0 Å². The molecule has 0 aliphatic heterocycles. The van der Waals surface area contributed by atoms with Crippen molar-refractivity contribution in [2.75, 3.05) is 0 Å². The Morgan fingerprint density at radius 2 is 1.42 bits per heavy atom. The lowest BCUT2D eigenvalue weighted by Gasteiger charge is -2.11. The molecule has 0 fully saturated rings. The van der Waals surface area contributed by atoms with Gasteiger partial charge in [0.25, 0.3) is 0 Å². The summed E-state index contributed by atoms with van der Waals surface area (Å²) < 4.78 is 5.93. The van der Waals surface area contributed by atoms with Crippen molar-refractivity contribution in [2.45, 2.75) is 20.8 Å². The van der Waals surface area contributed by atoms with Gasteiger partial charge in [0.2, 0.25) is 0 Å². The summed E-state index contributed by atoms with van der Waals surface area (Å²) in [4.78, 5) is 9.42. The molecule has 24 heavy (non-hydrogen) atoms. The molecule has 4 aromatic rings. The smallest absolute Gasteiger partial charge is 0.134 e. The zero-order valence-electron chi connectivity index (χ0n) is 14.0. The number of hydrogen-bond acceptors (Lipinski definition) is 3. The van der Waals surface area contributed by atoms with E-state index in [2.05, 4.69) is 30.1 Å². The molecular weight excluding hydrogens is 296 g/mol. The highest BCUT2D eigenvalue weighted by Gasteiger charge is 2.19. The van der Waals surface area contributed by atoms with Crippen LogP contribution in [0, 0.1) is 20.8 Å². The third-order valence-electron chi connectivity index (χ3n) is 4.31. The fourth-order valence-electron chi connectivity index (χ4n) is 3.21. The van der Waals surface area contributed by atoms with E-state index in [0.29, 0.717) is 0 Å². The van der Waals surface area contributed by atoms with Gasteiger partial charge in [0.05, 0.1) is 11.4 Å². The van der Waals surface area contributed by atoms with Crippen LogP contribution < -0.4 is 0 Å². The van der Waals surface area contributed by atoms with Gasteiger partial charge >= 0.3 is 0 Å². The summed E-state index contributed by atoms with van der Waals surface area (Å²) in [7, 11) is 0. The molecule has 2 aromatic heterocycles. The maximum absolute atomic E-state index is 5.93. The highest BCUT2D eigenvalue weighted by Crippen LogP contribution is 2.37. The maximum Gasteiger partial charge on any atom is 0.134 e. The van der Waals surface area contributed by atoms with Crippen LogP contribution in [0.4, 0.5) is 0 Å². The first-order valence-corrected chi connectivity index (χ1v) is 8.04. The quantitative estimate of drug-likeness (QED) is 0.491. The normalized spacial score (nSPS) is 11.1. The molecule has 0 amide bonds. The number of aromatic nitrogens is 2. The maximum atomic E-state index is 5.93. The summed E-state index contributed by atoms with van der Waals surface area (Å²) in [5, 5.41) is 1.09. The third kappa shape index (κ3) is 2.29. The predicted molar refractivity (Wildman–Crippen MR) is 96.9 cm³/mol. The van der Waals surface area contributed by atoms with E-state index in [1.807, 2.05) is 50.2 Å². The Kier molecular flexibility index (Phi) is 3.42. The van der Waals surface area contributed by atoms with Crippen molar-refractivity contribution in [3.63, 3.8) is 0 Å². The first-order valence-electron chi connectivity index (χ1n) is 8.04. The van der Waals surface area contributed by atoms with Crippen molar-refractivity contribution < 1.29 is 4.42 Å². The van der Waals surface area contributed by atoms with E-state index in [4.69, 9.17) is 9.40 Å². The van der Waals surface area contributed by atoms with Crippen molar-refractivity contribution in [3.05, 3.63) is 71.7 Å². The Balaban J connectivity index is 2.02. The first-order chi connectivity index (χ1) is 11.6. The van der Waals surface area contributed by atoms with Crippen LogP contribution in [0.1, 0.15) is 17.1 Å². The summed E-state index contributed by atoms with van der Waals surface area (Å²) in [6, 6.07) is 18.3. The zero-order chi connectivity index (χ0) is 16.7. The predicted octanol–water partition coefficient (Wildman–Crippen LogP) is 5.48. The Morgan fingerprint density at radius 3 is 2.21 bits per heavy atom. The molecule has 3 heteroatoms. The lowest BCUT2D eigenvalue weighted by molar-refractivity contribution is 0.579. The fraction of sp³-hybridized carbons (Fsp3) is 0.143.